The number of rotatable bonds is 6. The van der Waals surface area contributed by atoms with Crippen LogP contribution in [0.5, 0.6) is 5.75 Å². The van der Waals surface area contributed by atoms with Gasteiger partial charge in [-0.15, -0.1) is 0 Å². The van der Waals surface area contributed by atoms with Crippen LogP contribution in [0.3, 0.4) is 0 Å². The number of halogens is 1. The lowest BCUT2D eigenvalue weighted by molar-refractivity contribution is -0.117. The molecule has 2 aromatic rings. The molecule has 0 bridgehead atoms. The molecule has 1 heterocycles. The van der Waals surface area contributed by atoms with E-state index < -0.39 is 5.91 Å². The van der Waals surface area contributed by atoms with Gasteiger partial charge in [0.25, 0.3) is 11.8 Å². The van der Waals surface area contributed by atoms with Crippen LogP contribution in [-0.2, 0) is 9.59 Å². The lowest BCUT2D eigenvalue weighted by Crippen LogP contribution is -2.35. The number of nitrogens with one attached hydrogen (secondary N) is 1. The van der Waals surface area contributed by atoms with Crippen molar-refractivity contribution in [2.24, 2.45) is 0 Å². The van der Waals surface area contributed by atoms with E-state index in [-0.39, 0.29) is 11.5 Å². The van der Waals surface area contributed by atoms with Crippen LogP contribution >= 0.6 is 22.6 Å². The molecule has 1 aliphatic heterocycles. The number of methoxy groups -OCH3 is 1. The minimum absolute atomic E-state index is 0.0763. The van der Waals surface area contributed by atoms with Crippen molar-refractivity contribution in [2.45, 2.75) is 13.8 Å². The Bertz CT molecular complexity index is 921. The largest absolute Gasteiger partial charge is 0.496 e. The van der Waals surface area contributed by atoms with Gasteiger partial charge in [-0.05, 0) is 78.9 Å². The second-order valence-electron chi connectivity index (χ2n) is 6.21. The average Bonchev–Trinajstić information content (AvgIpc) is 2.98. The van der Waals surface area contributed by atoms with E-state index in [4.69, 9.17) is 4.74 Å². The molecule has 146 valence electrons. The van der Waals surface area contributed by atoms with Crippen molar-refractivity contribution in [2.75, 3.05) is 30.1 Å². The van der Waals surface area contributed by atoms with Crippen molar-refractivity contribution in [3.63, 3.8) is 0 Å². The number of benzene rings is 2. The van der Waals surface area contributed by atoms with Crippen LogP contribution in [0.25, 0.3) is 6.08 Å². The molecule has 0 atom stereocenters. The van der Waals surface area contributed by atoms with Crippen molar-refractivity contribution < 1.29 is 14.3 Å². The van der Waals surface area contributed by atoms with E-state index in [9.17, 15) is 9.59 Å². The SMILES string of the molecule is CCN(CC)c1ccc(/C=C2\C(=O)NN(c3ccc(I)cc3)C2=O)c(OC)c1. The molecule has 2 amide bonds. The Morgan fingerprint density at radius 1 is 1.11 bits per heavy atom. The number of ether oxygens (including phenoxy) is 1. The van der Waals surface area contributed by atoms with Gasteiger partial charge in [0.05, 0.1) is 12.8 Å². The maximum Gasteiger partial charge on any atom is 0.282 e. The summed E-state index contributed by atoms with van der Waals surface area (Å²) in [5.74, 6) is -0.204. The minimum atomic E-state index is -0.432. The smallest absolute Gasteiger partial charge is 0.282 e. The number of carbonyl (C=O) groups excluding carboxylic acids is 2. The third-order valence-electron chi connectivity index (χ3n) is 4.62. The monoisotopic (exact) mass is 491 g/mol. The van der Waals surface area contributed by atoms with Gasteiger partial charge in [0, 0.05) is 34.0 Å². The van der Waals surface area contributed by atoms with E-state index in [1.165, 1.54) is 5.01 Å². The van der Waals surface area contributed by atoms with Crippen molar-refractivity contribution in [1.29, 1.82) is 0 Å². The van der Waals surface area contributed by atoms with Crippen LogP contribution in [0.4, 0.5) is 11.4 Å². The van der Waals surface area contributed by atoms with Crippen LogP contribution in [0, 0.1) is 3.57 Å². The van der Waals surface area contributed by atoms with E-state index in [1.807, 2.05) is 30.3 Å². The van der Waals surface area contributed by atoms with Gasteiger partial charge >= 0.3 is 0 Å². The van der Waals surface area contributed by atoms with Gasteiger partial charge in [-0.3, -0.25) is 15.0 Å². The lowest BCUT2D eigenvalue weighted by atomic mass is 10.1. The van der Waals surface area contributed by atoms with Gasteiger partial charge in [-0.1, -0.05) is 0 Å². The molecule has 1 N–H and O–H groups in total. The van der Waals surface area contributed by atoms with E-state index >= 15 is 0 Å². The minimum Gasteiger partial charge on any atom is -0.496 e. The van der Waals surface area contributed by atoms with Crippen molar-refractivity contribution in [3.8, 4) is 5.75 Å². The maximum atomic E-state index is 12.8. The second-order valence-corrected chi connectivity index (χ2v) is 7.46. The van der Waals surface area contributed by atoms with Gasteiger partial charge in [0.1, 0.15) is 11.3 Å². The number of carbonyl (C=O) groups is 2. The molecule has 0 radical (unpaired) electrons. The molecule has 3 rings (SSSR count). The van der Waals surface area contributed by atoms with E-state index in [0.717, 1.165) is 22.3 Å². The predicted octanol–water partition coefficient (Wildman–Crippen LogP) is 3.61. The van der Waals surface area contributed by atoms with Crippen LogP contribution in [-0.4, -0.2) is 32.0 Å². The summed E-state index contributed by atoms with van der Waals surface area (Å²) < 4.78 is 6.55. The highest BCUT2D eigenvalue weighted by Crippen LogP contribution is 2.29. The zero-order chi connectivity index (χ0) is 20.3. The second kappa shape index (κ2) is 8.64. The van der Waals surface area contributed by atoms with Crippen molar-refractivity contribution in [3.05, 3.63) is 57.2 Å². The Kier molecular flexibility index (Phi) is 6.23. The third-order valence-corrected chi connectivity index (χ3v) is 5.34. The highest BCUT2D eigenvalue weighted by molar-refractivity contribution is 14.1. The summed E-state index contributed by atoms with van der Waals surface area (Å²) in [7, 11) is 1.58. The normalized spacial score (nSPS) is 15.1. The third kappa shape index (κ3) is 3.99. The number of hydrogen-bond acceptors (Lipinski definition) is 4. The molecular weight excluding hydrogens is 469 g/mol. The van der Waals surface area contributed by atoms with Crippen molar-refractivity contribution >= 4 is 51.9 Å². The molecule has 1 saturated heterocycles. The van der Waals surface area contributed by atoms with E-state index in [0.29, 0.717) is 17.0 Å². The van der Waals surface area contributed by atoms with E-state index in [1.54, 1.807) is 25.3 Å². The molecule has 1 aliphatic rings. The van der Waals surface area contributed by atoms with Gasteiger partial charge in [-0.2, -0.15) is 0 Å². The molecule has 0 aromatic heterocycles. The first-order chi connectivity index (χ1) is 13.5. The zero-order valence-electron chi connectivity index (χ0n) is 16.0. The van der Waals surface area contributed by atoms with Crippen LogP contribution in [0.15, 0.2) is 48.0 Å². The number of anilines is 2. The Morgan fingerprint density at radius 2 is 1.79 bits per heavy atom. The number of nitrogens with zero attached hydrogens (tertiary/aromatic N) is 2. The summed E-state index contributed by atoms with van der Waals surface area (Å²) in [6, 6.07) is 13.1. The topological polar surface area (TPSA) is 61.9 Å². The number of amides is 2. The van der Waals surface area contributed by atoms with Gasteiger partial charge in [-0.25, -0.2) is 5.01 Å². The summed E-state index contributed by atoms with van der Waals surface area (Å²) >= 11 is 2.19. The van der Waals surface area contributed by atoms with Gasteiger partial charge in [0.2, 0.25) is 0 Å². The summed E-state index contributed by atoms with van der Waals surface area (Å²) in [5.41, 5.74) is 5.03. The predicted molar refractivity (Wildman–Crippen MR) is 119 cm³/mol. The Hall–Kier alpha value is -2.55. The fraction of sp³-hybridized carbons (Fsp3) is 0.238. The summed E-state index contributed by atoms with van der Waals surface area (Å²) in [4.78, 5) is 27.4. The van der Waals surface area contributed by atoms with Crippen LogP contribution in [0.1, 0.15) is 19.4 Å². The summed E-state index contributed by atoms with van der Waals surface area (Å²) in [6.45, 7) is 5.94. The van der Waals surface area contributed by atoms with Gasteiger partial charge in [0.15, 0.2) is 0 Å². The van der Waals surface area contributed by atoms with Crippen LogP contribution < -0.4 is 20.1 Å². The molecule has 28 heavy (non-hydrogen) atoms. The quantitative estimate of drug-likeness (QED) is 0.381. The molecule has 0 saturated carbocycles. The molecule has 7 heteroatoms. The Balaban J connectivity index is 1.93. The fourth-order valence-electron chi connectivity index (χ4n) is 3.09. The summed E-state index contributed by atoms with van der Waals surface area (Å²) in [6.07, 6.45) is 1.58. The molecular formula is C21H22IN3O3. The Labute approximate surface area is 178 Å². The first-order valence-electron chi connectivity index (χ1n) is 9.04. The van der Waals surface area contributed by atoms with E-state index in [2.05, 4.69) is 46.8 Å². The Morgan fingerprint density at radius 3 is 2.39 bits per heavy atom. The standard InChI is InChI=1S/C21H22IN3O3/c1-4-24(5-2)17-9-6-14(19(13-17)28-3)12-18-20(26)23-25(21(18)27)16-10-7-15(22)8-11-16/h6-13H,4-5H2,1-3H3,(H,23,26)/b18-12+. The first-order valence-corrected chi connectivity index (χ1v) is 10.1. The molecule has 0 aliphatic carbocycles. The maximum absolute atomic E-state index is 12.8. The fourth-order valence-corrected chi connectivity index (χ4v) is 3.45. The molecule has 0 spiro atoms. The molecule has 1 fully saturated rings. The zero-order valence-corrected chi connectivity index (χ0v) is 18.2. The van der Waals surface area contributed by atoms with Crippen LogP contribution in [0.2, 0.25) is 0 Å². The lowest BCUT2D eigenvalue weighted by Gasteiger charge is -2.22. The van der Waals surface area contributed by atoms with Crippen molar-refractivity contribution in [1.82, 2.24) is 5.43 Å². The molecule has 6 nitrogen and oxygen atoms in total. The molecule has 0 unspecified atom stereocenters. The van der Waals surface area contributed by atoms with Gasteiger partial charge < -0.3 is 9.64 Å². The highest BCUT2D eigenvalue weighted by atomic mass is 127. The number of hydrazine groups is 1. The summed E-state index contributed by atoms with van der Waals surface area (Å²) in [5, 5.41) is 1.26. The number of hydrogen-bond donors (Lipinski definition) is 1. The average molecular weight is 491 g/mol. The first kappa shape index (κ1) is 20.2. The highest BCUT2D eigenvalue weighted by Gasteiger charge is 2.34. The molecule has 2 aromatic carbocycles.